The number of hydrogen-bond acceptors (Lipinski definition) is 5. The van der Waals surface area contributed by atoms with Crippen LogP contribution in [0.25, 0.3) is 0 Å². The number of carbonyl (C=O) groups excluding carboxylic acids is 1. The standard InChI is InChI=1S/C28H23NO5/c1-18(30)24-14-15-29-25(26(24)31)27(34-23-8-3-2-4-9-23)21-12-10-19(11-13-21)16-20-6-5-7-22(17-20)28(32)33/h2-15,17,27,31H,16H2,1H3,(H,32,33). The molecule has 0 spiro atoms. The zero-order valence-corrected chi connectivity index (χ0v) is 18.5. The van der Waals surface area contributed by atoms with Gasteiger partial charge in [-0.25, -0.2) is 4.79 Å². The summed E-state index contributed by atoms with van der Waals surface area (Å²) >= 11 is 0. The molecule has 1 unspecified atom stereocenters. The summed E-state index contributed by atoms with van der Waals surface area (Å²) in [5.74, 6) is -0.835. The summed E-state index contributed by atoms with van der Waals surface area (Å²) in [4.78, 5) is 27.5. The Hall–Kier alpha value is -4.45. The predicted molar refractivity (Wildman–Crippen MR) is 127 cm³/mol. The van der Waals surface area contributed by atoms with Crippen LogP contribution in [0, 0.1) is 0 Å². The van der Waals surface area contributed by atoms with Gasteiger partial charge in [0.25, 0.3) is 0 Å². The lowest BCUT2D eigenvalue weighted by Crippen LogP contribution is -2.13. The van der Waals surface area contributed by atoms with E-state index in [0.717, 1.165) is 16.7 Å². The molecule has 0 bridgehead atoms. The van der Waals surface area contributed by atoms with Gasteiger partial charge in [-0.2, -0.15) is 0 Å². The molecule has 0 aliphatic carbocycles. The summed E-state index contributed by atoms with van der Waals surface area (Å²) in [7, 11) is 0. The van der Waals surface area contributed by atoms with E-state index in [-0.39, 0.29) is 28.4 Å². The van der Waals surface area contributed by atoms with Crippen molar-refractivity contribution in [3.63, 3.8) is 0 Å². The van der Waals surface area contributed by atoms with Crippen LogP contribution in [0.4, 0.5) is 0 Å². The molecule has 0 fully saturated rings. The summed E-state index contributed by atoms with van der Waals surface area (Å²) in [6.07, 6.45) is 1.30. The summed E-state index contributed by atoms with van der Waals surface area (Å²) < 4.78 is 6.20. The Kier molecular flexibility index (Phi) is 6.69. The quantitative estimate of drug-likeness (QED) is 0.345. The highest BCUT2D eigenvalue weighted by Gasteiger charge is 2.24. The minimum Gasteiger partial charge on any atom is -0.505 e. The van der Waals surface area contributed by atoms with Gasteiger partial charge in [-0.15, -0.1) is 0 Å². The van der Waals surface area contributed by atoms with Gasteiger partial charge < -0.3 is 14.9 Å². The van der Waals surface area contributed by atoms with Crippen molar-refractivity contribution in [1.29, 1.82) is 0 Å². The molecular weight excluding hydrogens is 430 g/mol. The first-order chi connectivity index (χ1) is 16.4. The van der Waals surface area contributed by atoms with Crippen molar-refractivity contribution in [1.82, 2.24) is 4.98 Å². The average Bonchev–Trinajstić information content (AvgIpc) is 2.84. The highest BCUT2D eigenvalue weighted by molar-refractivity contribution is 5.96. The minimum absolute atomic E-state index is 0.182. The number of nitrogens with zero attached hydrogens (tertiary/aromatic N) is 1. The van der Waals surface area contributed by atoms with Gasteiger partial charge >= 0.3 is 5.97 Å². The number of aromatic carboxylic acids is 1. The van der Waals surface area contributed by atoms with Crippen LogP contribution in [0.15, 0.2) is 91.1 Å². The van der Waals surface area contributed by atoms with Crippen molar-refractivity contribution < 1.29 is 24.5 Å². The second-order valence-electron chi connectivity index (χ2n) is 7.88. The van der Waals surface area contributed by atoms with E-state index < -0.39 is 12.1 Å². The zero-order valence-electron chi connectivity index (χ0n) is 18.5. The fourth-order valence-corrected chi connectivity index (χ4v) is 3.72. The highest BCUT2D eigenvalue weighted by Crippen LogP contribution is 2.34. The molecule has 6 nitrogen and oxygen atoms in total. The number of ether oxygens (including phenoxy) is 1. The van der Waals surface area contributed by atoms with Gasteiger partial charge in [0, 0.05) is 6.20 Å². The topological polar surface area (TPSA) is 96.7 Å². The molecular formula is C28H23NO5. The lowest BCUT2D eigenvalue weighted by molar-refractivity contribution is 0.0696. The molecule has 3 aromatic carbocycles. The number of Topliss-reactive ketones (excluding diaryl/α,β-unsaturated/α-hetero) is 1. The van der Waals surface area contributed by atoms with Crippen molar-refractivity contribution in [2.75, 3.05) is 0 Å². The molecule has 0 saturated carbocycles. The lowest BCUT2D eigenvalue weighted by atomic mass is 9.98. The van der Waals surface area contributed by atoms with Crippen LogP contribution < -0.4 is 4.74 Å². The van der Waals surface area contributed by atoms with Crippen molar-refractivity contribution in [2.24, 2.45) is 0 Å². The molecule has 0 aliphatic heterocycles. The number of carbonyl (C=O) groups is 2. The number of pyridine rings is 1. The molecule has 0 amide bonds. The van der Waals surface area contributed by atoms with E-state index in [1.807, 2.05) is 60.7 Å². The van der Waals surface area contributed by atoms with Gasteiger partial charge in [-0.1, -0.05) is 54.6 Å². The summed E-state index contributed by atoms with van der Waals surface area (Å²) in [6.45, 7) is 1.39. The molecule has 2 N–H and O–H groups in total. The third kappa shape index (κ3) is 5.13. The van der Waals surface area contributed by atoms with Gasteiger partial charge in [-0.3, -0.25) is 9.78 Å². The van der Waals surface area contributed by atoms with Gasteiger partial charge in [0.1, 0.15) is 11.4 Å². The average molecular weight is 453 g/mol. The number of rotatable bonds is 8. The number of hydrogen-bond donors (Lipinski definition) is 2. The second-order valence-corrected chi connectivity index (χ2v) is 7.88. The Morgan fingerprint density at radius 3 is 2.32 bits per heavy atom. The Labute approximate surface area is 197 Å². The Morgan fingerprint density at radius 1 is 0.912 bits per heavy atom. The van der Waals surface area contributed by atoms with Crippen LogP contribution in [0.2, 0.25) is 0 Å². The largest absolute Gasteiger partial charge is 0.505 e. The highest BCUT2D eigenvalue weighted by atomic mass is 16.5. The Balaban J connectivity index is 1.67. The van der Waals surface area contributed by atoms with Gasteiger partial charge in [0.05, 0.1) is 11.1 Å². The molecule has 6 heteroatoms. The second kappa shape index (κ2) is 10.0. The maximum atomic E-state index is 12.0. The van der Waals surface area contributed by atoms with E-state index in [0.29, 0.717) is 12.2 Å². The summed E-state index contributed by atoms with van der Waals surface area (Å²) in [6, 6.07) is 25.1. The van der Waals surface area contributed by atoms with Gasteiger partial charge in [0.2, 0.25) is 0 Å². The van der Waals surface area contributed by atoms with Crippen LogP contribution in [0.3, 0.4) is 0 Å². The monoisotopic (exact) mass is 453 g/mol. The smallest absolute Gasteiger partial charge is 0.335 e. The normalized spacial score (nSPS) is 11.6. The first-order valence-electron chi connectivity index (χ1n) is 10.7. The van der Waals surface area contributed by atoms with Crippen LogP contribution >= 0.6 is 0 Å². The van der Waals surface area contributed by atoms with E-state index in [4.69, 9.17) is 4.74 Å². The number of aromatic hydroxyl groups is 1. The third-order valence-corrected chi connectivity index (χ3v) is 5.44. The summed E-state index contributed by atoms with van der Waals surface area (Å²) in [5.41, 5.74) is 3.30. The summed E-state index contributed by atoms with van der Waals surface area (Å²) in [5, 5.41) is 20.0. The molecule has 4 rings (SSSR count). The van der Waals surface area contributed by atoms with Gasteiger partial charge in [0.15, 0.2) is 17.6 Å². The number of aromatic nitrogens is 1. The van der Waals surface area contributed by atoms with E-state index in [1.165, 1.54) is 19.2 Å². The number of benzene rings is 3. The van der Waals surface area contributed by atoms with Crippen LogP contribution in [0.5, 0.6) is 11.5 Å². The SMILES string of the molecule is CC(=O)c1ccnc(C(Oc2ccccc2)c2ccc(Cc3cccc(C(=O)O)c3)cc2)c1O. The van der Waals surface area contributed by atoms with Crippen molar-refractivity contribution in [3.05, 3.63) is 125 Å². The molecule has 0 aliphatic rings. The fraction of sp³-hybridized carbons (Fsp3) is 0.107. The van der Waals surface area contributed by atoms with E-state index >= 15 is 0 Å². The molecule has 170 valence electrons. The molecule has 1 heterocycles. The number of carboxylic acid groups (broad SMARTS) is 1. The van der Waals surface area contributed by atoms with E-state index in [2.05, 4.69) is 4.98 Å². The van der Waals surface area contributed by atoms with Crippen molar-refractivity contribution in [2.45, 2.75) is 19.4 Å². The first-order valence-corrected chi connectivity index (χ1v) is 10.7. The minimum atomic E-state index is -0.960. The predicted octanol–water partition coefficient (Wildman–Crippen LogP) is 5.45. The Bertz CT molecular complexity index is 1320. The molecule has 1 aromatic heterocycles. The maximum Gasteiger partial charge on any atom is 0.335 e. The van der Waals surface area contributed by atoms with Gasteiger partial charge in [-0.05, 0) is 60.4 Å². The van der Waals surface area contributed by atoms with E-state index in [1.54, 1.807) is 18.2 Å². The van der Waals surface area contributed by atoms with Crippen molar-refractivity contribution in [3.8, 4) is 11.5 Å². The number of carboxylic acids is 1. The third-order valence-electron chi connectivity index (χ3n) is 5.44. The zero-order chi connectivity index (χ0) is 24.1. The first kappa shape index (κ1) is 22.7. The number of para-hydroxylation sites is 1. The Morgan fingerprint density at radius 2 is 1.65 bits per heavy atom. The van der Waals surface area contributed by atoms with Crippen LogP contribution in [0.1, 0.15) is 56.1 Å². The molecule has 1 atom stereocenters. The maximum absolute atomic E-state index is 12.0. The molecule has 0 saturated heterocycles. The number of ketones is 1. The van der Waals surface area contributed by atoms with Crippen LogP contribution in [-0.2, 0) is 6.42 Å². The van der Waals surface area contributed by atoms with Crippen molar-refractivity contribution >= 4 is 11.8 Å². The van der Waals surface area contributed by atoms with E-state index in [9.17, 15) is 19.8 Å². The molecule has 4 aromatic rings. The van der Waals surface area contributed by atoms with Crippen LogP contribution in [-0.4, -0.2) is 26.9 Å². The molecule has 34 heavy (non-hydrogen) atoms. The molecule has 0 radical (unpaired) electrons. The fourth-order valence-electron chi connectivity index (χ4n) is 3.72. The lowest BCUT2D eigenvalue weighted by Gasteiger charge is -2.21.